The van der Waals surface area contributed by atoms with E-state index in [9.17, 15) is 19.7 Å². The number of nitro groups is 1. The molecule has 0 aliphatic heterocycles. The van der Waals surface area contributed by atoms with Crippen molar-refractivity contribution in [1.82, 2.24) is 4.98 Å². The first-order chi connectivity index (χ1) is 9.73. The van der Waals surface area contributed by atoms with Gasteiger partial charge < -0.3 is 16.2 Å². The van der Waals surface area contributed by atoms with Crippen LogP contribution in [0.25, 0.3) is 0 Å². The largest absolute Gasteiger partial charge is 0.481 e. The number of amides is 1. The number of hydrogen-bond acceptors (Lipinski definition) is 6. The Kier molecular flexibility index (Phi) is 5.17. The molecule has 9 heteroatoms. The van der Waals surface area contributed by atoms with E-state index < -0.39 is 22.7 Å². The third-order valence-corrected chi connectivity index (χ3v) is 2.96. The van der Waals surface area contributed by atoms with Crippen LogP contribution in [0, 0.1) is 22.0 Å². The minimum Gasteiger partial charge on any atom is -0.481 e. The van der Waals surface area contributed by atoms with Crippen LogP contribution in [0.15, 0.2) is 12.3 Å². The van der Waals surface area contributed by atoms with Crippen LogP contribution in [0.4, 0.5) is 11.5 Å². The van der Waals surface area contributed by atoms with Crippen LogP contribution in [0.1, 0.15) is 24.2 Å². The summed E-state index contributed by atoms with van der Waals surface area (Å²) in [6.07, 6.45) is 0.972. The van der Waals surface area contributed by atoms with Crippen molar-refractivity contribution < 1.29 is 19.6 Å². The van der Waals surface area contributed by atoms with E-state index in [1.54, 1.807) is 13.8 Å². The molecule has 0 bridgehead atoms. The fraction of sp³-hybridized carbons (Fsp3) is 0.417. The topological polar surface area (TPSA) is 148 Å². The Morgan fingerprint density at radius 2 is 2.14 bits per heavy atom. The number of anilines is 1. The molecule has 1 unspecified atom stereocenters. The quantitative estimate of drug-likeness (QED) is 0.499. The molecule has 0 fully saturated rings. The average molecular weight is 296 g/mol. The van der Waals surface area contributed by atoms with Crippen molar-refractivity contribution >= 4 is 23.4 Å². The van der Waals surface area contributed by atoms with E-state index in [1.807, 2.05) is 0 Å². The molecule has 0 radical (unpaired) electrons. The first-order valence-electron chi connectivity index (χ1n) is 6.15. The van der Waals surface area contributed by atoms with E-state index in [4.69, 9.17) is 10.8 Å². The number of hydrogen-bond donors (Lipinski definition) is 3. The van der Waals surface area contributed by atoms with Crippen LogP contribution in [0.3, 0.4) is 0 Å². The van der Waals surface area contributed by atoms with Gasteiger partial charge in [-0.2, -0.15) is 0 Å². The molecule has 4 N–H and O–H groups in total. The smallest absolute Gasteiger partial charge is 0.308 e. The molecule has 1 heterocycles. The van der Waals surface area contributed by atoms with Crippen molar-refractivity contribution in [3.8, 4) is 0 Å². The number of nitrogens with one attached hydrogen (secondary N) is 1. The van der Waals surface area contributed by atoms with Gasteiger partial charge in [-0.15, -0.1) is 0 Å². The molecule has 0 spiro atoms. The second-order valence-electron chi connectivity index (χ2n) is 4.78. The second kappa shape index (κ2) is 6.64. The van der Waals surface area contributed by atoms with Crippen LogP contribution in [0.2, 0.25) is 0 Å². The van der Waals surface area contributed by atoms with Gasteiger partial charge in [-0.3, -0.25) is 19.7 Å². The molecule has 1 atom stereocenters. The lowest BCUT2D eigenvalue weighted by Gasteiger charge is -2.17. The summed E-state index contributed by atoms with van der Waals surface area (Å²) in [5.41, 5.74) is 4.63. The Hall–Kier alpha value is -2.71. The molecule has 21 heavy (non-hydrogen) atoms. The van der Waals surface area contributed by atoms with Gasteiger partial charge in [0.25, 0.3) is 11.6 Å². The summed E-state index contributed by atoms with van der Waals surface area (Å²) in [5.74, 6) is -2.67. The van der Waals surface area contributed by atoms with E-state index in [1.165, 1.54) is 0 Å². The number of pyridine rings is 1. The monoisotopic (exact) mass is 296 g/mol. The number of carboxylic acid groups (broad SMARTS) is 1. The number of primary amides is 1. The maximum atomic E-state index is 11.3. The maximum absolute atomic E-state index is 11.3. The lowest BCUT2D eigenvalue weighted by molar-refractivity contribution is -0.385. The number of rotatable bonds is 7. The van der Waals surface area contributed by atoms with Gasteiger partial charge in [0.05, 0.1) is 16.4 Å². The first-order valence-corrected chi connectivity index (χ1v) is 6.15. The summed E-state index contributed by atoms with van der Waals surface area (Å²) in [5, 5.41) is 22.4. The van der Waals surface area contributed by atoms with E-state index in [2.05, 4.69) is 10.3 Å². The molecular formula is C12H16N4O5. The average Bonchev–Trinajstić information content (AvgIpc) is 2.37. The lowest BCUT2D eigenvalue weighted by atomic mass is 9.96. The third kappa shape index (κ3) is 4.13. The predicted octanol–water partition coefficient (Wildman–Crippen LogP) is 0.857. The molecular weight excluding hydrogens is 280 g/mol. The highest BCUT2D eigenvalue weighted by Crippen LogP contribution is 2.20. The molecule has 1 aromatic rings. The Labute approximate surface area is 120 Å². The van der Waals surface area contributed by atoms with E-state index >= 15 is 0 Å². The Balaban J connectivity index is 3.00. The van der Waals surface area contributed by atoms with E-state index in [-0.39, 0.29) is 29.5 Å². The number of carboxylic acids is 1. The molecule has 1 amide bonds. The normalized spacial score (nSPS) is 12.0. The first kappa shape index (κ1) is 16.3. The summed E-state index contributed by atoms with van der Waals surface area (Å²) >= 11 is 0. The fourth-order valence-corrected chi connectivity index (χ4v) is 1.70. The number of aliphatic carboxylic acids is 1. The summed E-state index contributed by atoms with van der Waals surface area (Å²) < 4.78 is 0. The zero-order valence-corrected chi connectivity index (χ0v) is 11.6. The number of carbonyl (C=O) groups is 2. The van der Waals surface area contributed by atoms with Gasteiger partial charge in [-0.1, -0.05) is 13.8 Å². The number of nitrogens with zero attached hydrogens (tertiary/aromatic N) is 2. The summed E-state index contributed by atoms with van der Waals surface area (Å²) in [6.45, 7) is 3.52. The highest BCUT2D eigenvalue weighted by atomic mass is 16.6. The fourth-order valence-electron chi connectivity index (χ4n) is 1.70. The maximum Gasteiger partial charge on any atom is 0.308 e. The van der Waals surface area contributed by atoms with Gasteiger partial charge in [0.15, 0.2) is 0 Å². The van der Waals surface area contributed by atoms with E-state index in [0.717, 1.165) is 12.3 Å². The Morgan fingerprint density at radius 1 is 1.52 bits per heavy atom. The minimum absolute atomic E-state index is 0.0259. The van der Waals surface area contributed by atoms with Crippen molar-refractivity contribution in [3.05, 3.63) is 27.9 Å². The van der Waals surface area contributed by atoms with Gasteiger partial charge in [0, 0.05) is 12.6 Å². The summed E-state index contributed by atoms with van der Waals surface area (Å²) in [4.78, 5) is 36.1. The van der Waals surface area contributed by atoms with Gasteiger partial charge >= 0.3 is 5.97 Å². The Bertz CT molecular complexity index is 573. The van der Waals surface area contributed by atoms with Crippen molar-refractivity contribution in [1.29, 1.82) is 0 Å². The summed E-state index contributed by atoms with van der Waals surface area (Å²) in [6, 6.07) is 1.00. The standard InChI is InChI=1S/C12H16N4O5/c1-6(2)9(12(18)19)5-15-11-8(10(13)17)3-7(4-14-11)16(20)21/h3-4,6,9H,5H2,1-2H3,(H2,13,17)(H,14,15)(H,18,19). The lowest BCUT2D eigenvalue weighted by Crippen LogP contribution is -2.28. The van der Waals surface area contributed by atoms with Crippen molar-refractivity contribution in [2.24, 2.45) is 17.6 Å². The second-order valence-corrected chi connectivity index (χ2v) is 4.78. The molecule has 0 aliphatic rings. The Morgan fingerprint density at radius 3 is 2.57 bits per heavy atom. The number of aromatic nitrogens is 1. The summed E-state index contributed by atoms with van der Waals surface area (Å²) in [7, 11) is 0. The van der Waals surface area contributed by atoms with Gasteiger partial charge in [0.1, 0.15) is 12.0 Å². The third-order valence-electron chi connectivity index (χ3n) is 2.96. The van der Waals surface area contributed by atoms with E-state index in [0.29, 0.717) is 0 Å². The van der Waals surface area contributed by atoms with Crippen LogP contribution < -0.4 is 11.1 Å². The molecule has 0 aromatic carbocycles. The number of carbonyl (C=O) groups excluding carboxylic acids is 1. The van der Waals surface area contributed by atoms with Crippen LogP contribution >= 0.6 is 0 Å². The van der Waals surface area contributed by atoms with Gasteiger partial charge in [-0.25, -0.2) is 4.98 Å². The van der Waals surface area contributed by atoms with Crippen molar-refractivity contribution in [3.63, 3.8) is 0 Å². The van der Waals surface area contributed by atoms with Crippen LogP contribution in [-0.2, 0) is 4.79 Å². The van der Waals surface area contributed by atoms with Crippen LogP contribution in [0.5, 0.6) is 0 Å². The van der Waals surface area contributed by atoms with Gasteiger partial charge in [-0.05, 0) is 5.92 Å². The molecule has 0 saturated heterocycles. The zero-order valence-electron chi connectivity index (χ0n) is 11.6. The predicted molar refractivity (Wildman–Crippen MR) is 73.9 cm³/mol. The number of nitrogens with two attached hydrogens (primary N) is 1. The molecule has 9 nitrogen and oxygen atoms in total. The van der Waals surface area contributed by atoms with Crippen molar-refractivity contribution in [2.45, 2.75) is 13.8 Å². The minimum atomic E-state index is -0.986. The molecule has 1 aromatic heterocycles. The highest BCUT2D eigenvalue weighted by molar-refractivity contribution is 5.98. The zero-order chi connectivity index (χ0) is 16.2. The molecule has 1 rings (SSSR count). The highest BCUT2D eigenvalue weighted by Gasteiger charge is 2.23. The van der Waals surface area contributed by atoms with Crippen molar-refractivity contribution in [2.75, 3.05) is 11.9 Å². The molecule has 0 aliphatic carbocycles. The van der Waals surface area contributed by atoms with Gasteiger partial charge in [0.2, 0.25) is 0 Å². The molecule has 0 saturated carbocycles. The SMILES string of the molecule is CC(C)C(CNc1ncc([N+](=O)[O-])cc1C(N)=O)C(=O)O. The molecule has 114 valence electrons. The van der Waals surface area contributed by atoms with Crippen LogP contribution in [-0.4, -0.2) is 33.4 Å².